The van der Waals surface area contributed by atoms with E-state index in [1.165, 1.54) is 20.2 Å². The van der Waals surface area contributed by atoms with E-state index >= 15 is 0 Å². The first-order chi connectivity index (χ1) is 21.3. The van der Waals surface area contributed by atoms with Crippen LogP contribution in [-0.2, 0) is 71.9 Å². The molecule has 27 heteroatoms. The number of carboxylic acid groups (broad SMARTS) is 1. The second-order valence-electron chi connectivity index (χ2n) is 7.47. The predicted molar refractivity (Wildman–Crippen MR) is 144 cm³/mol. The second kappa shape index (κ2) is 26.1. The molecule has 3 N–H and O–H groups in total. The van der Waals surface area contributed by atoms with E-state index in [-0.39, 0.29) is 67.9 Å². The number of carbonyl (C=O) groups is 4. The predicted octanol–water partition coefficient (Wildman–Crippen LogP) is -8.16. The number of hydrogen-bond acceptors (Lipinski definition) is 19. The summed E-state index contributed by atoms with van der Waals surface area (Å²) in [5, 5.41) is 30.4. The first-order valence-electron chi connectivity index (χ1n) is 12.4. The third-order valence-electron chi connectivity index (χ3n) is 4.12. The summed E-state index contributed by atoms with van der Waals surface area (Å²) < 4.78 is 18.3. The van der Waals surface area contributed by atoms with E-state index in [1.54, 1.807) is 20.8 Å². The number of isocyanates is 1. The zero-order valence-corrected chi connectivity index (χ0v) is 28.2. The molecule has 3 aromatic heterocycles. The van der Waals surface area contributed by atoms with Crippen LogP contribution in [0.15, 0.2) is 19.4 Å². The molecule has 0 atom stereocenters. The molecule has 0 spiro atoms. The summed E-state index contributed by atoms with van der Waals surface area (Å²) in [6, 6.07) is 0. The van der Waals surface area contributed by atoms with E-state index < -0.39 is 47.5 Å². The number of aryl methyl sites for hydroxylation is 2. The van der Waals surface area contributed by atoms with Crippen LogP contribution in [0.2, 0.25) is 0 Å². The number of nitrogens with zero attached hydrogens (tertiary/aromatic N) is 12. The molecular formula is C20H32N13NaO13. The first-order valence-corrected chi connectivity index (χ1v) is 12.4. The summed E-state index contributed by atoms with van der Waals surface area (Å²) in [5.41, 5.74) is -1.50. The number of tetrazole rings is 3. The van der Waals surface area contributed by atoms with Crippen molar-refractivity contribution < 1.29 is 78.3 Å². The van der Waals surface area contributed by atoms with Crippen molar-refractivity contribution in [2.24, 2.45) is 19.1 Å². The Kier molecular flexibility index (Phi) is 25.7. The van der Waals surface area contributed by atoms with E-state index in [4.69, 9.17) is 5.11 Å². The SMILES string of the molecule is CCOC(=O)CN=C=O.CCOC(=O)Cn1nn[nH]c1=O.CCOC(=O)Cn1nnn(C)c1=O.Cn1nnn(CC(=O)O)c1=O.[Na+].[OH-]. The smallest absolute Gasteiger partial charge is 0.870 e. The molecule has 26 nitrogen and oxygen atoms in total. The van der Waals surface area contributed by atoms with Gasteiger partial charge in [0.1, 0.15) is 26.2 Å². The number of carboxylic acids is 1. The fourth-order valence-electron chi connectivity index (χ4n) is 2.31. The Morgan fingerprint density at radius 1 is 0.745 bits per heavy atom. The Bertz CT molecular complexity index is 1600. The summed E-state index contributed by atoms with van der Waals surface area (Å²) in [4.78, 5) is 87.2. The van der Waals surface area contributed by atoms with Crippen LogP contribution in [0.3, 0.4) is 0 Å². The number of rotatable bonds is 11. The number of esters is 3. The van der Waals surface area contributed by atoms with Gasteiger partial charge in [0.2, 0.25) is 6.08 Å². The van der Waals surface area contributed by atoms with Gasteiger partial charge in [0.25, 0.3) is 0 Å². The second-order valence-corrected chi connectivity index (χ2v) is 7.47. The molecule has 0 aliphatic rings. The summed E-state index contributed by atoms with van der Waals surface area (Å²) in [6.07, 6.45) is 1.23. The van der Waals surface area contributed by atoms with Gasteiger partial charge in [0, 0.05) is 14.1 Å². The Morgan fingerprint density at radius 2 is 1.17 bits per heavy atom. The summed E-state index contributed by atoms with van der Waals surface area (Å²) in [5.74, 6) is -2.62. The largest absolute Gasteiger partial charge is 1.00 e. The molecule has 0 aliphatic heterocycles. The van der Waals surface area contributed by atoms with Crippen LogP contribution in [0.25, 0.3) is 0 Å². The number of aliphatic imine (C=N–C) groups is 1. The summed E-state index contributed by atoms with van der Waals surface area (Å²) >= 11 is 0. The fraction of sp³-hybridized carbons (Fsp3) is 0.600. The zero-order chi connectivity index (χ0) is 34.4. The van der Waals surface area contributed by atoms with Crippen LogP contribution < -0.4 is 46.6 Å². The molecule has 0 aromatic carbocycles. The van der Waals surface area contributed by atoms with Crippen LogP contribution in [0.4, 0.5) is 0 Å². The van der Waals surface area contributed by atoms with E-state index in [0.717, 1.165) is 23.4 Å². The van der Waals surface area contributed by atoms with Gasteiger partial charge in [-0.3, -0.25) is 19.2 Å². The number of nitrogens with one attached hydrogen (secondary N) is 1. The van der Waals surface area contributed by atoms with Crippen molar-refractivity contribution in [3.63, 3.8) is 0 Å². The molecule has 47 heavy (non-hydrogen) atoms. The number of ether oxygens (including phenoxy) is 3. The Balaban J connectivity index is -0.000000546. The molecular weight excluding hydrogens is 653 g/mol. The molecule has 0 bridgehead atoms. The summed E-state index contributed by atoms with van der Waals surface area (Å²) in [7, 11) is 2.85. The topological polar surface area (TPSA) is 345 Å². The van der Waals surface area contributed by atoms with Crippen molar-refractivity contribution in [3.05, 3.63) is 31.5 Å². The van der Waals surface area contributed by atoms with Crippen LogP contribution >= 0.6 is 0 Å². The molecule has 3 rings (SSSR count). The molecule has 256 valence electrons. The number of aromatic nitrogens is 12. The quantitative estimate of drug-likeness (QED) is 0.0622. The zero-order valence-electron chi connectivity index (χ0n) is 26.2. The maximum absolute atomic E-state index is 11.1. The van der Waals surface area contributed by atoms with E-state index in [1.807, 2.05) is 0 Å². The normalized spacial score (nSPS) is 9.04. The van der Waals surface area contributed by atoms with Crippen molar-refractivity contribution in [1.82, 2.24) is 59.8 Å². The Labute approximate surface area is 284 Å². The van der Waals surface area contributed by atoms with E-state index in [0.29, 0.717) is 6.61 Å². The van der Waals surface area contributed by atoms with Gasteiger partial charge in [-0.2, -0.15) is 28.4 Å². The molecule has 0 radical (unpaired) electrons. The molecule has 0 aliphatic carbocycles. The van der Waals surface area contributed by atoms with Gasteiger partial charge in [-0.25, -0.2) is 24.3 Å². The maximum atomic E-state index is 11.1. The van der Waals surface area contributed by atoms with Crippen molar-refractivity contribution in [1.29, 1.82) is 0 Å². The number of carbonyl (C=O) groups excluding carboxylic acids is 4. The average molecular weight is 686 g/mol. The van der Waals surface area contributed by atoms with Crippen LogP contribution in [0, 0.1) is 0 Å². The van der Waals surface area contributed by atoms with Crippen molar-refractivity contribution in [2.45, 2.75) is 40.4 Å². The van der Waals surface area contributed by atoms with Gasteiger partial charge in [-0.15, -0.1) is 0 Å². The van der Waals surface area contributed by atoms with Crippen LogP contribution in [-0.4, -0.2) is 127 Å². The average Bonchev–Trinajstić information content (AvgIpc) is 3.63. The summed E-state index contributed by atoms with van der Waals surface area (Å²) in [6.45, 7) is 4.86. The number of H-pyrrole nitrogens is 1. The van der Waals surface area contributed by atoms with Gasteiger partial charge >= 0.3 is 70.5 Å². The van der Waals surface area contributed by atoms with Crippen molar-refractivity contribution in [3.8, 4) is 0 Å². The van der Waals surface area contributed by atoms with E-state index in [9.17, 15) is 38.4 Å². The van der Waals surface area contributed by atoms with Crippen LogP contribution in [0.5, 0.6) is 0 Å². The molecule has 3 heterocycles. The van der Waals surface area contributed by atoms with Crippen molar-refractivity contribution >= 4 is 30.0 Å². The Morgan fingerprint density at radius 3 is 1.51 bits per heavy atom. The van der Waals surface area contributed by atoms with Crippen molar-refractivity contribution in [2.75, 3.05) is 26.4 Å². The van der Waals surface area contributed by atoms with Gasteiger partial charge < -0.3 is 24.8 Å². The number of aromatic amines is 1. The number of hydrogen-bond donors (Lipinski definition) is 2. The molecule has 0 amide bonds. The maximum Gasteiger partial charge on any atom is 1.00 e. The monoisotopic (exact) mass is 685 g/mol. The molecule has 3 aromatic rings. The van der Waals surface area contributed by atoms with Gasteiger partial charge in [-0.05, 0) is 52.1 Å². The molecule has 0 fully saturated rings. The fourth-order valence-corrected chi connectivity index (χ4v) is 2.31. The standard InChI is InChI=1S/C6H10N4O3.C5H8N4O3.C5H7NO3.C4H6N4O3.Na.H2O/c1-3-13-5(11)4-10-6(12)9(2)7-8-10;1-2-12-4(10)3-9-5(11)6-7-8-9;1-2-9-5(8)3-6-4-7;1-7-4(11)8(6-5-7)2-3(9)10;;/h3-4H2,1-2H3;2-3H2,1H3,(H,6,8,11);2-3H2,1H3;2H2,1H3,(H,9,10);;1H2/q;;;;+1;/p-1. The minimum Gasteiger partial charge on any atom is -0.870 e. The van der Waals surface area contributed by atoms with Gasteiger partial charge in [-0.1, -0.05) is 0 Å². The third-order valence-corrected chi connectivity index (χ3v) is 4.12. The van der Waals surface area contributed by atoms with Crippen LogP contribution in [0.1, 0.15) is 20.8 Å². The van der Waals surface area contributed by atoms with E-state index in [2.05, 4.69) is 55.6 Å². The van der Waals surface area contributed by atoms with Gasteiger partial charge in [0.05, 0.1) is 19.8 Å². The third kappa shape index (κ3) is 19.8. The minimum atomic E-state index is -1.12. The first kappa shape index (κ1) is 46.3. The molecule has 0 saturated heterocycles. The molecule has 0 unspecified atom stereocenters. The number of aliphatic carboxylic acids is 1. The van der Waals surface area contributed by atoms with Gasteiger partial charge in [0.15, 0.2) is 0 Å². The molecule has 0 saturated carbocycles. The Hall–Kier alpha value is -5.17. The minimum absolute atomic E-state index is 0.